The second-order valence-corrected chi connectivity index (χ2v) is 6.65. The Morgan fingerprint density at radius 1 is 1.21 bits per heavy atom. The van der Waals surface area contributed by atoms with Crippen LogP contribution in [0, 0.1) is 17.2 Å². The molecule has 0 saturated carbocycles. The lowest BCUT2D eigenvalue weighted by Crippen LogP contribution is -2.36. The Bertz CT molecular complexity index is 541. The molecular weight excluding hydrogens is 300 g/mol. The molecule has 0 aliphatic carbocycles. The van der Waals surface area contributed by atoms with Crippen LogP contribution in [0.2, 0.25) is 0 Å². The van der Waals surface area contributed by atoms with Gasteiger partial charge in [-0.1, -0.05) is 19.1 Å². The van der Waals surface area contributed by atoms with Gasteiger partial charge in [0, 0.05) is 13.1 Å². The van der Waals surface area contributed by atoms with Crippen LogP contribution in [-0.4, -0.2) is 37.1 Å². The summed E-state index contributed by atoms with van der Waals surface area (Å²) in [5.74, 6) is 0.878. The quantitative estimate of drug-likeness (QED) is 0.756. The van der Waals surface area contributed by atoms with Gasteiger partial charge in [-0.15, -0.1) is 0 Å². The van der Waals surface area contributed by atoms with E-state index in [1.54, 1.807) is 12.1 Å². The van der Waals surface area contributed by atoms with Crippen LogP contribution in [0.3, 0.4) is 0 Å². The minimum atomic E-state index is -0.133. The maximum atomic E-state index is 11.8. The summed E-state index contributed by atoms with van der Waals surface area (Å²) in [5, 5.41) is 14.5. The zero-order valence-electron chi connectivity index (χ0n) is 14.6. The van der Waals surface area contributed by atoms with Gasteiger partial charge in [-0.25, -0.2) is 4.79 Å². The summed E-state index contributed by atoms with van der Waals surface area (Å²) in [6.45, 7) is 7.10. The second-order valence-electron chi connectivity index (χ2n) is 6.65. The third kappa shape index (κ3) is 6.59. The largest absolute Gasteiger partial charge is 0.338 e. The predicted octanol–water partition coefficient (Wildman–Crippen LogP) is 2.87. The highest BCUT2D eigenvalue weighted by Crippen LogP contribution is 2.16. The molecule has 2 amide bonds. The van der Waals surface area contributed by atoms with Crippen molar-refractivity contribution >= 4 is 6.03 Å². The summed E-state index contributed by atoms with van der Waals surface area (Å²) in [7, 11) is 0. The molecule has 0 atom stereocenters. The molecule has 1 saturated heterocycles. The predicted molar refractivity (Wildman–Crippen MR) is 95.5 cm³/mol. The molecular formula is C19H28N4O. The van der Waals surface area contributed by atoms with Crippen LogP contribution in [0.1, 0.15) is 43.7 Å². The molecule has 2 N–H and O–H groups in total. The van der Waals surface area contributed by atoms with Gasteiger partial charge in [0.05, 0.1) is 11.6 Å². The first-order valence-corrected chi connectivity index (χ1v) is 8.90. The molecule has 5 nitrogen and oxygen atoms in total. The highest BCUT2D eigenvalue weighted by atomic mass is 16.2. The number of amides is 2. The lowest BCUT2D eigenvalue weighted by molar-refractivity contribution is 0.189. The number of nitriles is 1. The summed E-state index contributed by atoms with van der Waals surface area (Å²) < 4.78 is 0. The van der Waals surface area contributed by atoms with Crippen molar-refractivity contribution in [1.29, 1.82) is 5.26 Å². The Kier molecular flexibility index (Phi) is 7.57. The molecule has 0 spiro atoms. The number of unbranched alkanes of at least 4 members (excludes halogenated alkanes) is 1. The maximum Gasteiger partial charge on any atom is 0.315 e. The molecule has 0 unspecified atom stereocenters. The fourth-order valence-electron chi connectivity index (χ4n) is 2.89. The number of piperidine rings is 1. The summed E-state index contributed by atoms with van der Waals surface area (Å²) in [6, 6.07) is 9.19. The standard InChI is InChI=1S/C19H28N4O/c1-16-8-12-23(13-9-16)11-3-2-10-21-19(24)22-15-18-6-4-17(14-20)5-7-18/h4-7,16H,2-3,8-13,15H2,1H3,(H2,21,22,24). The highest BCUT2D eigenvalue weighted by molar-refractivity contribution is 5.73. The number of hydrogen-bond acceptors (Lipinski definition) is 3. The van der Waals surface area contributed by atoms with Crippen LogP contribution < -0.4 is 10.6 Å². The lowest BCUT2D eigenvalue weighted by Gasteiger charge is -2.30. The van der Waals surface area contributed by atoms with Gasteiger partial charge in [0.1, 0.15) is 0 Å². The number of likely N-dealkylation sites (tertiary alicyclic amines) is 1. The number of nitrogens with one attached hydrogen (secondary N) is 2. The summed E-state index contributed by atoms with van der Waals surface area (Å²) in [6.07, 6.45) is 4.77. The highest BCUT2D eigenvalue weighted by Gasteiger charge is 2.14. The van der Waals surface area contributed by atoms with Crippen molar-refractivity contribution in [3.8, 4) is 6.07 Å². The van der Waals surface area contributed by atoms with Crippen LogP contribution in [-0.2, 0) is 6.54 Å². The van der Waals surface area contributed by atoms with Crippen LogP contribution in [0.4, 0.5) is 4.79 Å². The molecule has 130 valence electrons. The smallest absolute Gasteiger partial charge is 0.315 e. The number of nitrogens with zero attached hydrogens (tertiary/aromatic N) is 2. The summed E-state index contributed by atoms with van der Waals surface area (Å²) in [4.78, 5) is 14.3. The van der Waals surface area contributed by atoms with E-state index in [1.807, 2.05) is 12.1 Å². The Hall–Kier alpha value is -2.06. The average Bonchev–Trinajstić information content (AvgIpc) is 2.61. The minimum absolute atomic E-state index is 0.133. The van der Waals surface area contributed by atoms with E-state index < -0.39 is 0 Å². The van der Waals surface area contributed by atoms with E-state index in [1.165, 1.54) is 25.9 Å². The Labute approximate surface area is 145 Å². The zero-order chi connectivity index (χ0) is 17.2. The molecule has 1 aliphatic rings. The van der Waals surface area contributed by atoms with Crippen molar-refractivity contribution in [2.45, 2.75) is 39.2 Å². The minimum Gasteiger partial charge on any atom is -0.338 e. The van der Waals surface area contributed by atoms with E-state index in [4.69, 9.17) is 5.26 Å². The molecule has 0 bridgehead atoms. The number of rotatable bonds is 7. The van der Waals surface area contributed by atoms with Crippen LogP contribution >= 0.6 is 0 Å². The first-order chi connectivity index (χ1) is 11.7. The van der Waals surface area contributed by atoms with E-state index >= 15 is 0 Å². The number of urea groups is 1. The second kappa shape index (κ2) is 9.94. The fourth-order valence-corrected chi connectivity index (χ4v) is 2.89. The lowest BCUT2D eigenvalue weighted by atomic mass is 9.99. The van der Waals surface area contributed by atoms with Gasteiger partial charge in [0.25, 0.3) is 0 Å². The van der Waals surface area contributed by atoms with E-state index in [0.29, 0.717) is 18.7 Å². The summed E-state index contributed by atoms with van der Waals surface area (Å²) >= 11 is 0. The van der Waals surface area contributed by atoms with E-state index in [9.17, 15) is 4.79 Å². The third-order valence-electron chi connectivity index (χ3n) is 4.60. The van der Waals surface area contributed by atoms with E-state index in [2.05, 4.69) is 28.5 Å². The maximum absolute atomic E-state index is 11.8. The topological polar surface area (TPSA) is 68.2 Å². The van der Waals surface area contributed by atoms with Gasteiger partial charge in [-0.05, 0) is 68.9 Å². The third-order valence-corrected chi connectivity index (χ3v) is 4.60. The molecule has 5 heteroatoms. The normalized spacial score (nSPS) is 15.7. The zero-order valence-corrected chi connectivity index (χ0v) is 14.6. The van der Waals surface area contributed by atoms with Crippen LogP contribution in [0.15, 0.2) is 24.3 Å². The molecule has 1 aromatic rings. The molecule has 0 radical (unpaired) electrons. The molecule has 24 heavy (non-hydrogen) atoms. The fraction of sp³-hybridized carbons (Fsp3) is 0.579. The van der Waals surface area contributed by atoms with Crippen molar-refractivity contribution in [2.24, 2.45) is 5.92 Å². The van der Waals surface area contributed by atoms with E-state index in [-0.39, 0.29) is 6.03 Å². The van der Waals surface area contributed by atoms with Crippen molar-refractivity contribution < 1.29 is 4.79 Å². The Balaban J connectivity index is 1.51. The molecule has 1 aromatic carbocycles. The molecule has 2 rings (SSSR count). The Morgan fingerprint density at radius 3 is 2.58 bits per heavy atom. The average molecular weight is 328 g/mol. The molecule has 1 fully saturated rings. The van der Waals surface area contributed by atoms with Crippen molar-refractivity contribution in [1.82, 2.24) is 15.5 Å². The molecule has 0 aromatic heterocycles. The monoisotopic (exact) mass is 328 g/mol. The summed E-state index contributed by atoms with van der Waals surface area (Å²) in [5.41, 5.74) is 1.62. The van der Waals surface area contributed by atoms with Crippen molar-refractivity contribution in [3.05, 3.63) is 35.4 Å². The van der Waals surface area contributed by atoms with Crippen molar-refractivity contribution in [3.63, 3.8) is 0 Å². The molecule has 1 heterocycles. The van der Waals surface area contributed by atoms with Gasteiger partial charge in [-0.2, -0.15) is 5.26 Å². The van der Waals surface area contributed by atoms with Gasteiger partial charge >= 0.3 is 6.03 Å². The van der Waals surface area contributed by atoms with Gasteiger partial charge < -0.3 is 15.5 Å². The number of carbonyl (C=O) groups is 1. The first kappa shape index (κ1) is 18.3. The Morgan fingerprint density at radius 2 is 1.92 bits per heavy atom. The molecule has 1 aliphatic heterocycles. The number of hydrogen-bond donors (Lipinski definition) is 2. The van der Waals surface area contributed by atoms with Crippen molar-refractivity contribution in [2.75, 3.05) is 26.2 Å². The van der Waals surface area contributed by atoms with Crippen LogP contribution in [0.25, 0.3) is 0 Å². The first-order valence-electron chi connectivity index (χ1n) is 8.90. The van der Waals surface area contributed by atoms with Crippen LogP contribution in [0.5, 0.6) is 0 Å². The number of carbonyl (C=O) groups excluding carboxylic acids is 1. The number of benzene rings is 1. The van der Waals surface area contributed by atoms with Gasteiger partial charge in [0.15, 0.2) is 0 Å². The van der Waals surface area contributed by atoms with E-state index in [0.717, 1.165) is 30.9 Å². The van der Waals surface area contributed by atoms with Gasteiger partial charge in [-0.3, -0.25) is 0 Å². The SMILES string of the molecule is CC1CCN(CCCCNC(=O)NCc2ccc(C#N)cc2)CC1. The van der Waals surface area contributed by atoms with Gasteiger partial charge in [0.2, 0.25) is 0 Å².